The van der Waals surface area contributed by atoms with Gasteiger partial charge in [-0.15, -0.1) is 0 Å². The van der Waals surface area contributed by atoms with E-state index in [1.807, 2.05) is 0 Å². The van der Waals surface area contributed by atoms with Gasteiger partial charge in [0, 0.05) is 17.0 Å². The predicted molar refractivity (Wildman–Crippen MR) is 87.1 cm³/mol. The van der Waals surface area contributed by atoms with Gasteiger partial charge in [0.05, 0.1) is 0 Å². The first-order valence-corrected chi connectivity index (χ1v) is 7.90. The maximum absolute atomic E-state index is 13.4. The van der Waals surface area contributed by atoms with Crippen molar-refractivity contribution in [2.24, 2.45) is 0 Å². The largest absolute Gasteiger partial charge is 0.491 e. The summed E-state index contributed by atoms with van der Waals surface area (Å²) in [6, 6.07) is 10.9. The molecule has 0 radical (unpaired) electrons. The van der Waals surface area contributed by atoms with Gasteiger partial charge in [0.25, 0.3) is 0 Å². The Bertz CT molecular complexity index is 611. The summed E-state index contributed by atoms with van der Waals surface area (Å²) in [6.07, 6.45) is 0. The molecule has 0 atom stereocenters. The fourth-order valence-corrected chi connectivity index (χ4v) is 3.24. The lowest BCUT2D eigenvalue weighted by molar-refractivity contribution is 0.423. The van der Waals surface area contributed by atoms with Gasteiger partial charge in [-0.25, -0.2) is 4.39 Å². The molecule has 0 aliphatic rings. The van der Waals surface area contributed by atoms with E-state index in [4.69, 9.17) is 10.0 Å². The Balaban J connectivity index is 1.98. The van der Waals surface area contributed by atoms with E-state index in [9.17, 15) is 4.39 Å². The molecular formula is C16H18BFO2S. The molecule has 0 bridgehead atoms. The lowest BCUT2D eigenvalue weighted by Crippen LogP contribution is -2.33. The molecule has 21 heavy (non-hydrogen) atoms. The van der Waals surface area contributed by atoms with Crippen LogP contribution in [0.2, 0.25) is 0 Å². The molecule has 2 N–H and O–H groups in total. The second kappa shape index (κ2) is 7.12. The summed E-state index contributed by atoms with van der Waals surface area (Å²) in [4.78, 5) is 0. The molecule has 2 rings (SSSR count). The first-order valence-electron chi connectivity index (χ1n) is 6.75. The second-order valence-electron chi connectivity index (χ2n) is 5.22. The van der Waals surface area contributed by atoms with Crippen molar-refractivity contribution in [3.8, 4) is 0 Å². The average Bonchev–Trinajstić information content (AvgIpc) is 2.39. The highest BCUT2D eigenvalue weighted by Gasteiger charge is 2.16. The molecule has 0 aliphatic carbocycles. The summed E-state index contributed by atoms with van der Waals surface area (Å²) in [5.41, 5.74) is 4.58. The van der Waals surface area contributed by atoms with Gasteiger partial charge < -0.3 is 10.0 Å². The molecule has 0 aliphatic heterocycles. The normalized spacial score (nSPS) is 10.7. The summed E-state index contributed by atoms with van der Waals surface area (Å²) in [5, 5.41) is 18.2. The number of thioether (sulfide) groups is 1. The van der Waals surface area contributed by atoms with Crippen LogP contribution >= 0.6 is 11.8 Å². The maximum Gasteiger partial charge on any atom is 0.491 e. The molecule has 0 heterocycles. The van der Waals surface area contributed by atoms with Gasteiger partial charge in [0.1, 0.15) is 5.82 Å². The summed E-state index contributed by atoms with van der Waals surface area (Å²) in [5.74, 6) is 0.984. The molecule has 0 saturated carbocycles. The summed E-state index contributed by atoms with van der Waals surface area (Å²) in [6.45, 7) is 4.16. The third kappa shape index (κ3) is 4.59. The maximum atomic E-state index is 13.4. The molecular weight excluding hydrogens is 286 g/mol. The van der Waals surface area contributed by atoms with Crippen LogP contribution in [0, 0.1) is 19.7 Å². The number of rotatable bonds is 5. The van der Waals surface area contributed by atoms with Crippen molar-refractivity contribution in [3.05, 3.63) is 64.5 Å². The second-order valence-corrected chi connectivity index (χ2v) is 6.20. The van der Waals surface area contributed by atoms with Crippen molar-refractivity contribution in [1.82, 2.24) is 0 Å². The van der Waals surface area contributed by atoms with Crippen LogP contribution in [0.1, 0.15) is 22.3 Å². The first-order chi connectivity index (χ1) is 9.95. The van der Waals surface area contributed by atoms with Crippen molar-refractivity contribution in [2.45, 2.75) is 25.4 Å². The number of hydrogen-bond acceptors (Lipinski definition) is 3. The molecule has 0 spiro atoms. The van der Waals surface area contributed by atoms with Crippen molar-refractivity contribution in [1.29, 1.82) is 0 Å². The van der Waals surface area contributed by atoms with Gasteiger partial charge in [-0.3, -0.25) is 0 Å². The number of aryl methyl sites for hydroxylation is 2. The van der Waals surface area contributed by atoms with E-state index in [0.29, 0.717) is 5.75 Å². The van der Waals surface area contributed by atoms with Gasteiger partial charge in [-0.2, -0.15) is 11.8 Å². The lowest BCUT2D eigenvalue weighted by Gasteiger charge is -2.07. The third-order valence-corrected chi connectivity index (χ3v) is 4.23. The zero-order valence-electron chi connectivity index (χ0n) is 12.1. The standard InChI is InChI=1S/C16H18BFO2S/c1-11-5-12(2)7-14(6-11)10-21-9-13-3-4-16(18)15(8-13)17(19)20/h3-8,19-20H,9-10H2,1-2H3. The highest BCUT2D eigenvalue weighted by molar-refractivity contribution is 7.97. The average molecular weight is 304 g/mol. The Hall–Kier alpha value is -1.30. The Labute approximate surface area is 129 Å². The van der Waals surface area contributed by atoms with E-state index >= 15 is 0 Å². The number of benzene rings is 2. The van der Waals surface area contributed by atoms with Gasteiger partial charge in [-0.1, -0.05) is 41.5 Å². The molecule has 0 unspecified atom stereocenters. The first kappa shape index (κ1) is 16.1. The molecule has 2 aromatic rings. The minimum atomic E-state index is -1.77. The van der Waals surface area contributed by atoms with Crippen molar-refractivity contribution >= 4 is 24.3 Å². The molecule has 0 amide bonds. The molecule has 2 aromatic carbocycles. The van der Waals surface area contributed by atoms with Gasteiger partial charge in [0.15, 0.2) is 0 Å². The fourth-order valence-electron chi connectivity index (χ4n) is 2.32. The zero-order valence-corrected chi connectivity index (χ0v) is 13.0. The Morgan fingerprint density at radius 3 is 2.19 bits per heavy atom. The van der Waals surface area contributed by atoms with E-state index in [0.717, 1.165) is 11.3 Å². The van der Waals surface area contributed by atoms with E-state index < -0.39 is 12.9 Å². The van der Waals surface area contributed by atoms with E-state index in [1.54, 1.807) is 17.8 Å². The van der Waals surface area contributed by atoms with Crippen molar-refractivity contribution < 1.29 is 14.4 Å². The highest BCUT2D eigenvalue weighted by Crippen LogP contribution is 2.19. The quantitative estimate of drug-likeness (QED) is 0.834. The van der Waals surface area contributed by atoms with Crippen LogP contribution in [0.15, 0.2) is 36.4 Å². The van der Waals surface area contributed by atoms with Crippen LogP contribution in [0.5, 0.6) is 0 Å². The minimum Gasteiger partial charge on any atom is -0.423 e. The van der Waals surface area contributed by atoms with E-state index in [-0.39, 0.29) is 5.46 Å². The minimum absolute atomic E-state index is 0.0699. The van der Waals surface area contributed by atoms with Crippen LogP contribution in [-0.4, -0.2) is 17.2 Å². The zero-order chi connectivity index (χ0) is 15.4. The SMILES string of the molecule is Cc1cc(C)cc(CSCc2ccc(F)c(B(O)O)c2)c1. The molecule has 2 nitrogen and oxygen atoms in total. The van der Waals surface area contributed by atoms with Gasteiger partial charge >= 0.3 is 7.12 Å². The van der Waals surface area contributed by atoms with Crippen LogP contribution < -0.4 is 5.46 Å². The van der Waals surface area contributed by atoms with Crippen LogP contribution in [0.25, 0.3) is 0 Å². The summed E-state index contributed by atoms with van der Waals surface area (Å²) in [7, 11) is -1.77. The Kier molecular flexibility index (Phi) is 5.45. The number of halogens is 1. The highest BCUT2D eigenvalue weighted by atomic mass is 32.2. The van der Waals surface area contributed by atoms with Crippen LogP contribution in [-0.2, 0) is 11.5 Å². The molecule has 0 aromatic heterocycles. The van der Waals surface area contributed by atoms with Crippen LogP contribution in [0.3, 0.4) is 0 Å². The summed E-state index contributed by atoms with van der Waals surface area (Å²) < 4.78 is 13.4. The monoisotopic (exact) mass is 304 g/mol. The lowest BCUT2D eigenvalue weighted by atomic mass is 9.79. The van der Waals surface area contributed by atoms with Crippen LogP contribution in [0.4, 0.5) is 4.39 Å². The Morgan fingerprint density at radius 2 is 1.57 bits per heavy atom. The van der Waals surface area contributed by atoms with E-state index in [1.165, 1.54) is 28.8 Å². The fraction of sp³-hybridized carbons (Fsp3) is 0.250. The number of hydrogen-bond donors (Lipinski definition) is 2. The van der Waals surface area contributed by atoms with Gasteiger partial charge in [0.2, 0.25) is 0 Å². The molecule has 0 saturated heterocycles. The molecule has 5 heteroatoms. The smallest absolute Gasteiger partial charge is 0.423 e. The van der Waals surface area contributed by atoms with Crippen molar-refractivity contribution in [2.75, 3.05) is 0 Å². The van der Waals surface area contributed by atoms with Crippen molar-refractivity contribution in [3.63, 3.8) is 0 Å². The topological polar surface area (TPSA) is 40.5 Å². The Morgan fingerprint density at radius 1 is 0.952 bits per heavy atom. The third-order valence-electron chi connectivity index (χ3n) is 3.16. The van der Waals surface area contributed by atoms with E-state index in [2.05, 4.69) is 32.0 Å². The predicted octanol–water partition coefficient (Wildman–Crippen LogP) is 2.56. The summed E-state index contributed by atoms with van der Waals surface area (Å²) >= 11 is 1.72. The molecule has 0 fully saturated rings. The molecule has 110 valence electrons. The van der Waals surface area contributed by atoms with Gasteiger partial charge in [-0.05, 0) is 31.0 Å².